The molecule has 1 aliphatic heterocycles. The van der Waals surface area contributed by atoms with Gasteiger partial charge in [-0.3, -0.25) is 4.90 Å². The number of likely N-dealkylation sites (tertiary alicyclic amines) is 1. The first-order valence-corrected chi connectivity index (χ1v) is 6.24. The van der Waals surface area contributed by atoms with Crippen LogP contribution < -0.4 is 0 Å². The van der Waals surface area contributed by atoms with Crippen LogP contribution in [0.3, 0.4) is 0 Å². The third-order valence-electron chi connectivity index (χ3n) is 2.65. The molecule has 1 fully saturated rings. The Bertz CT molecular complexity index is 352. The summed E-state index contributed by atoms with van der Waals surface area (Å²) in [4.78, 5) is 2.21. The summed E-state index contributed by atoms with van der Waals surface area (Å²) in [6.45, 7) is 2.64. The molecule has 0 radical (unpaired) electrons. The molecule has 1 nitrogen and oxygen atoms in total. The van der Waals surface area contributed by atoms with E-state index in [0.29, 0.717) is 18.3 Å². The summed E-state index contributed by atoms with van der Waals surface area (Å²) in [7, 11) is 0. The highest BCUT2D eigenvalue weighted by Gasteiger charge is 2.26. The van der Waals surface area contributed by atoms with Gasteiger partial charge in [0.2, 0.25) is 0 Å². The van der Waals surface area contributed by atoms with E-state index in [4.69, 9.17) is 11.6 Å². The second kappa shape index (κ2) is 4.81. The molecule has 0 N–H and O–H groups in total. The molecule has 15 heavy (non-hydrogen) atoms. The Labute approximate surface area is 102 Å². The lowest BCUT2D eigenvalue weighted by Crippen LogP contribution is -2.46. The van der Waals surface area contributed by atoms with E-state index in [9.17, 15) is 4.39 Å². The summed E-state index contributed by atoms with van der Waals surface area (Å²) >= 11 is 9.07. The Balaban J connectivity index is 1.97. The highest BCUT2D eigenvalue weighted by atomic mass is 79.9. The summed E-state index contributed by atoms with van der Waals surface area (Å²) < 4.78 is 14.3. The minimum absolute atomic E-state index is 0.132. The molecule has 0 amide bonds. The summed E-state index contributed by atoms with van der Waals surface area (Å²) in [5.74, 6) is 1.16. The molecule has 4 heteroatoms. The molecule has 1 aliphatic rings. The van der Waals surface area contributed by atoms with E-state index in [1.807, 2.05) is 6.07 Å². The van der Waals surface area contributed by atoms with Gasteiger partial charge >= 0.3 is 0 Å². The quantitative estimate of drug-likeness (QED) is 0.773. The van der Waals surface area contributed by atoms with Gasteiger partial charge in [-0.1, -0.05) is 15.9 Å². The van der Waals surface area contributed by atoms with E-state index in [2.05, 4.69) is 20.8 Å². The van der Waals surface area contributed by atoms with Gasteiger partial charge in [-0.15, -0.1) is 11.6 Å². The fraction of sp³-hybridized carbons (Fsp3) is 0.455. The number of halogens is 3. The Morgan fingerprint density at radius 1 is 1.47 bits per heavy atom. The molecule has 0 aromatic heterocycles. The molecule has 2 rings (SSSR count). The number of hydrogen-bond acceptors (Lipinski definition) is 1. The molecule has 1 aromatic rings. The second-order valence-electron chi connectivity index (χ2n) is 3.95. The zero-order valence-corrected chi connectivity index (χ0v) is 10.6. The van der Waals surface area contributed by atoms with Crippen LogP contribution in [0.15, 0.2) is 22.7 Å². The molecule has 0 saturated carbocycles. The van der Waals surface area contributed by atoms with E-state index in [0.717, 1.165) is 23.1 Å². The van der Waals surface area contributed by atoms with Gasteiger partial charge in [0.1, 0.15) is 5.82 Å². The van der Waals surface area contributed by atoms with Crippen molar-refractivity contribution in [3.63, 3.8) is 0 Å². The molecule has 0 spiro atoms. The van der Waals surface area contributed by atoms with Crippen molar-refractivity contribution in [3.8, 4) is 0 Å². The molecule has 1 heterocycles. The maximum atomic E-state index is 13.4. The summed E-state index contributed by atoms with van der Waals surface area (Å²) in [6.07, 6.45) is 0. The highest BCUT2D eigenvalue weighted by Crippen LogP contribution is 2.22. The number of rotatable bonds is 3. The third-order valence-corrected chi connectivity index (χ3v) is 3.58. The molecule has 1 saturated heterocycles. The minimum Gasteiger partial charge on any atom is -0.298 e. The molecule has 82 valence electrons. The van der Waals surface area contributed by atoms with Crippen LogP contribution in [0.25, 0.3) is 0 Å². The Kier molecular flexibility index (Phi) is 3.65. The van der Waals surface area contributed by atoms with E-state index >= 15 is 0 Å². The van der Waals surface area contributed by atoms with E-state index in [1.165, 1.54) is 6.07 Å². The number of alkyl halides is 1. The highest BCUT2D eigenvalue weighted by molar-refractivity contribution is 9.10. The van der Waals surface area contributed by atoms with Gasteiger partial charge in [0, 0.05) is 35.6 Å². The first-order chi connectivity index (χ1) is 7.19. The van der Waals surface area contributed by atoms with Crippen LogP contribution in [0.5, 0.6) is 0 Å². The monoisotopic (exact) mass is 291 g/mol. The van der Waals surface area contributed by atoms with Crippen LogP contribution in [0, 0.1) is 11.7 Å². The number of nitrogens with zero attached hydrogens (tertiary/aromatic N) is 1. The molecule has 1 aromatic carbocycles. The van der Waals surface area contributed by atoms with Crippen molar-refractivity contribution in [1.29, 1.82) is 0 Å². The van der Waals surface area contributed by atoms with Gasteiger partial charge in [-0.05, 0) is 24.1 Å². The van der Waals surface area contributed by atoms with Crippen molar-refractivity contribution < 1.29 is 4.39 Å². The van der Waals surface area contributed by atoms with E-state index < -0.39 is 0 Å². The van der Waals surface area contributed by atoms with Crippen LogP contribution >= 0.6 is 27.5 Å². The molecule has 0 unspecified atom stereocenters. The topological polar surface area (TPSA) is 3.24 Å². The van der Waals surface area contributed by atoms with Crippen LogP contribution in [0.2, 0.25) is 0 Å². The average Bonchev–Trinajstić information content (AvgIpc) is 2.16. The van der Waals surface area contributed by atoms with Crippen molar-refractivity contribution in [2.24, 2.45) is 5.92 Å². The van der Waals surface area contributed by atoms with Crippen molar-refractivity contribution in [3.05, 3.63) is 34.1 Å². The Morgan fingerprint density at radius 3 is 2.87 bits per heavy atom. The molecule has 0 aliphatic carbocycles. The molecular formula is C11H12BrClFN. The first kappa shape index (κ1) is 11.4. The molecule has 0 bridgehead atoms. The second-order valence-corrected chi connectivity index (χ2v) is 5.17. The predicted molar refractivity (Wildman–Crippen MR) is 63.6 cm³/mol. The maximum Gasteiger partial charge on any atom is 0.127 e. The lowest BCUT2D eigenvalue weighted by Gasteiger charge is -2.38. The van der Waals surface area contributed by atoms with Crippen molar-refractivity contribution in [1.82, 2.24) is 4.90 Å². The lowest BCUT2D eigenvalue weighted by molar-refractivity contribution is 0.105. The fourth-order valence-electron chi connectivity index (χ4n) is 1.81. The normalized spacial score (nSPS) is 17.8. The zero-order valence-electron chi connectivity index (χ0n) is 8.22. The zero-order chi connectivity index (χ0) is 10.8. The van der Waals surface area contributed by atoms with Crippen molar-refractivity contribution in [2.75, 3.05) is 19.0 Å². The van der Waals surface area contributed by atoms with Gasteiger partial charge in [-0.25, -0.2) is 4.39 Å². The maximum absolute atomic E-state index is 13.4. The Morgan fingerprint density at radius 2 is 2.20 bits per heavy atom. The van der Waals surface area contributed by atoms with Gasteiger partial charge in [0.15, 0.2) is 0 Å². The smallest absolute Gasteiger partial charge is 0.127 e. The van der Waals surface area contributed by atoms with Gasteiger partial charge in [0.05, 0.1) is 0 Å². The summed E-state index contributed by atoms with van der Waals surface area (Å²) in [5, 5.41) is 0. The third kappa shape index (κ3) is 2.71. The van der Waals surface area contributed by atoms with Gasteiger partial charge in [-0.2, -0.15) is 0 Å². The standard InChI is InChI=1S/C11H12BrClFN/c12-10-1-2-11(14)9(3-10)7-15-5-8(4-13)6-15/h1-3,8H,4-7H2. The van der Waals surface area contributed by atoms with Crippen LogP contribution in [-0.2, 0) is 6.54 Å². The van der Waals surface area contributed by atoms with Crippen LogP contribution in [-0.4, -0.2) is 23.9 Å². The van der Waals surface area contributed by atoms with E-state index in [-0.39, 0.29) is 5.82 Å². The fourth-order valence-corrected chi connectivity index (χ4v) is 2.41. The Hall–Kier alpha value is -0.120. The van der Waals surface area contributed by atoms with Crippen molar-refractivity contribution in [2.45, 2.75) is 6.54 Å². The largest absolute Gasteiger partial charge is 0.298 e. The number of hydrogen-bond donors (Lipinski definition) is 0. The lowest BCUT2D eigenvalue weighted by atomic mass is 10.0. The predicted octanol–water partition coefficient (Wildman–Crippen LogP) is 3.26. The molecular weight excluding hydrogens is 280 g/mol. The van der Waals surface area contributed by atoms with E-state index in [1.54, 1.807) is 6.07 Å². The van der Waals surface area contributed by atoms with Crippen LogP contribution in [0.1, 0.15) is 5.56 Å². The van der Waals surface area contributed by atoms with Crippen LogP contribution in [0.4, 0.5) is 4.39 Å². The van der Waals surface area contributed by atoms with Gasteiger partial charge in [0.25, 0.3) is 0 Å². The minimum atomic E-state index is -0.132. The number of benzene rings is 1. The summed E-state index contributed by atoms with van der Waals surface area (Å²) in [5.41, 5.74) is 0.748. The van der Waals surface area contributed by atoms with Gasteiger partial charge < -0.3 is 0 Å². The van der Waals surface area contributed by atoms with Crippen molar-refractivity contribution >= 4 is 27.5 Å². The average molecular weight is 293 g/mol. The molecule has 0 atom stereocenters. The first-order valence-electron chi connectivity index (χ1n) is 4.91. The SMILES string of the molecule is Fc1ccc(Br)cc1CN1CC(CCl)C1. The summed E-state index contributed by atoms with van der Waals surface area (Å²) in [6, 6.07) is 5.05.